The summed E-state index contributed by atoms with van der Waals surface area (Å²) in [6.07, 6.45) is 2.60. The van der Waals surface area contributed by atoms with Crippen molar-refractivity contribution in [3.8, 4) is 11.1 Å². The maximum atomic E-state index is 12.1. The van der Waals surface area contributed by atoms with Crippen molar-refractivity contribution in [1.29, 1.82) is 0 Å². The van der Waals surface area contributed by atoms with E-state index in [0.717, 1.165) is 24.0 Å². The van der Waals surface area contributed by atoms with E-state index < -0.39 is 0 Å². The molecule has 5 heteroatoms. The van der Waals surface area contributed by atoms with E-state index >= 15 is 0 Å². The number of hydrogen-bond acceptors (Lipinski definition) is 3. The summed E-state index contributed by atoms with van der Waals surface area (Å²) >= 11 is 0. The highest BCUT2D eigenvalue weighted by molar-refractivity contribution is 5.94. The largest absolute Gasteiger partial charge is 0.352 e. The number of carbonyl (C=O) groups excluding carboxylic acids is 2. The molecule has 0 fully saturated rings. The SMILES string of the molecule is O=C(CCCCCNC(=O)c1ccc(-c2ccccc2)cc1)NO. The van der Waals surface area contributed by atoms with E-state index in [4.69, 9.17) is 5.21 Å². The van der Waals surface area contributed by atoms with Crippen molar-refractivity contribution >= 4 is 11.8 Å². The van der Waals surface area contributed by atoms with Gasteiger partial charge in [-0.3, -0.25) is 14.8 Å². The Balaban J connectivity index is 1.74. The van der Waals surface area contributed by atoms with Crippen molar-refractivity contribution < 1.29 is 14.8 Å². The lowest BCUT2D eigenvalue weighted by Gasteiger charge is -2.06. The standard InChI is InChI=1S/C19H22N2O3/c22-18(21-24)9-5-2-6-14-20-19(23)17-12-10-16(11-13-17)15-7-3-1-4-8-15/h1,3-4,7-8,10-13,24H,2,5-6,9,14H2,(H,20,23)(H,21,22). The van der Waals surface area contributed by atoms with E-state index in [1.54, 1.807) is 5.48 Å². The van der Waals surface area contributed by atoms with Crippen LogP contribution in [0.3, 0.4) is 0 Å². The molecule has 0 aliphatic heterocycles. The lowest BCUT2D eigenvalue weighted by Crippen LogP contribution is -2.24. The zero-order valence-electron chi connectivity index (χ0n) is 13.5. The summed E-state index contributed by atoms with van der Waals surface area (Å²) in [5.74, 6) is -0.472. The summed E-state index contributed by atoms with van der Waals surface area (Å²) in [5.41, 5.74) is 4.44. The monoisotopic (exact) mass is 326 g/mol. The minimum Gasteiger partial charge on any atom is -0.352 e. The Morgan fingerprint density at radius 1 is 0.833 bits per heavy atom. The maximum Gasteiger partial charge on any atom is 0.251 e. The van der Waals surface area contributed by atoms with Crippen molar-refractivity contribution in [3.63, 3.8) is 0 Å². The van der Waals surface area contributed by atoms with Crippen LogP contribution in [0.25, 0.3) is 11.1 Å². The van der Waals surface area contributed by atoms with Crippen LogP contribution in [0.1, 0.15) is 36.0 Å². The zero-order valence-corrected chi connectivity index (χ0v) is 13.5. The summed E-state index contributed by atoms with van der Waals surface area (Å²) in [4.78, 5) is 22.9. The third-order valence-electron chi connectivity index (χ3n) is 3.75. The molecule has 0 aliphatic rings. The Hall–Kier alpha value is -2.66. The smallest absolute Gasteiger partial charge is 0.251 e. The third-order valence-corrected chi connectivity index (χ3v) is 3.75. The van der Waals surface area contributed by atoms with Gasteiger partial charge in [-0.2, -0.15) is 0 Å². The van der Waals surface area contributed by atoms with Crippen LogP contribution < -0.4 is 10.8 Å². The first kappa shape index (κ1) is 17.7. The van der Waals surface area contributed by atoms with Crippen LogP contribution in [0, 0.1) is 0 Å². The second-order valence-corrected chi connectivity index (χ2v) is 5.54. The van der Waals surface area contributed by atoms with Gasteiger partial charge < -0.3 is 5.32 Å². The fraction of sp³-hybridized carbons (Fsp3) is 0.263. The summed E-state index contributed by atoms with van der Waals surface area (Å²) in [5, 5.41) is 11.2. The van der Waals surface area contributed by atoms with E-state index in [1.165, 1.54) is 0 Å². The molecule has 0 aromatic heterocycles. The van der Waals surface area contributed by atoms with Gasteiger partial charge in [0.05, 0.1) is 0 Å². The quantitative estimate of drug-likeness (QED) is 0.396. The van der Waals surface area contributed by atoms with Gasteiger partial charge in [-0.15, -0.1) is 0 Å². The van der Waals surface area contributed by atoms with Gasteiger partial charge >= 0.3 is 0 Å². The second kappa shape index (κ2) is 9.47. The third kappa shape index (κ3) is 5.52. The Bertz CT molecular complexity index is 654. The van der Waals surface area contributed by atoms with E-state index in [-0.39, 0.29) is 11.8 Å². The minimum absolute atomic E-state index is 0.0947. The lowest BCUT2D eigenvalue weighted by atomic mass is 10.0. The molecule has 5 nitrogen and oxygen atoms in total. The van der Waals surface area contributed by atoms with Crippen molar-refractivity contribution in [1.82, 2.24) is 10.8 Å². The highest BCUT2D eigenvalue weighted by Crippen LogP contribution is 2.19. The van der Waals surface area contributed by atoms with Crippen LogP contribution >= 0.6 is 0 Å². The van der Waals surface area contributed by atoms with Gasteiger partial charge in [-0.25, -0.2) is 5.48 Å². The van der Waals surface area contributed by atoms with Crippen LogP contribution in [0.2, 0.25) is 0 Å². The Labute approximate surface area is 141 Å². The topological polar surface area (TPSA) is 78.4 Å². The molecule has 24 heavy (non-hydrogen) atoms. The van der Waals surface area contributed by atoms with Crippen LogP contribution in [-0.2, 0) is 4.79 Å². The normalized spacial score (nSPS) is 10.2. The van der Waals surface area contributed by atoms with Crippen molar-refractivity contribution in [2.45, 2.75) is 25.7 Å². The molecule has 0 radical (unpaired) electrons. The van der Waals surface area contributed by atoms with Crippen molar-refractivity contribution in [2.75, 3.05) is 6.54 Å². The molecule has 0 aliphatic carbocycles. The zero-order chi connectivity index (χ0) is 17.2. The molecule has 3 N–H and O–H groups in total. The number of nitrogens with one attached hydrogen (secondary N) is 2. The van der Waals surface area contributed by atoms with Gasteiger partial charge in [-0.1, -0.05) is 48.9 Å². The molecular formula is C19H22N2O3. The lowest BCUT2D eigenvalue weighted by molar-refractivity contribution is -0.129. The highest BCUT2D eigenvalue weighted by atomic mass is 16.5. The van der Waals surface area contributed by atoms with E-state index in [9.17, 15) is 9.59 Å². The fourth-order valence-corrected chi connectivity index (χ4v) is 2.39. The summed E-state index contributed by atoms with van der Waals surface area (Å²) in [6, 6.07) is 17.5. The molecular weight excluding hydrogens is 304 g/mol. The first-order chi connectivity index (χ1) is 11.7. The molecule has 0 unspecified atom stereocenters. The summed E-state index contributed by atoms with van der Waals surface area (Å²) < 4.78 is 0. The van der Waals surface area contributed by atoms with Gasteiger partial charge in [-0.05, 0) is 36.1 Å². The number of carbonyl (C=O) groups is 2. The van der Waals surface area contributed by atoms with Gasteiger partial charge in [0.1, 0.15) is 0 Å². The fourth-order valence-electron chi connectivity index (χ4n) is 2.39. The van der Waals surface area contributed by atoms with Crippen LogP contribution in [-0.4, -0.2) is 23.6 Å². The number of unbranched alkanes of at least 4 members (excludes halogenated alkanes) is 2. The van der Waals surface area contributed by atoms with Crippen LogP contribution in [0.5, 0.6) is 0 Å². The molecule has 2 amide bonds. The van der Waals surface area contributed by atoms with Gasteiger partial charge in [0, 0.05) is 18.5 Å². The van der Waals surface area contributed by atoms with E-state index in [0.29, 0.717) is 24.9 Å². The average molecular weight is 326 g/mol. The molecule has 126 valence electrons. The molecule has 0 bridgehead atoms. The predicted molar refractivity (Wildman–Crippen MR) is 92.6 cm³/mol. The maximum absolute atomic E-state index is 12.1. The Kier molecular flexibility index (Phi) is 6.98. The molecule has 2 rings (SSSR count). The average Bonchev–Trinajstić information content (AvgIpc) is 2.65. The Morgan fingerprint density at radius 2 is 1.50 bits per heavy atom. The molecule has 0 saturated heterocycles. The van der Waals surface area contributed by atoms with E-state index in [1.807, 2.05) is 54.6 Å². The number of amides is 2. The number of hydrogen-bond donors (Lipinski definition) is 3. The van der Waals surface area contributed by atoms with Crippen molar-refractivity contribution in [2.24, 2.45) is 0 Å². The minimum atomic E-state index is -0.377. The van der Waals surface area contributed by atoms with Crippen LogP contribution in [0.15, 0.2) is 54.6 Å². The number of hydroxylamine groups is 1. The highest BCUT2D eigenvalue weighted by Gasteiger charge is 2.05. The molecule has 2 aromatic carbocycles. The van der Waals surface area contributed by atoms with E-state index in [2.05, 4.69) is 5.32 Å². The van der Waals surface area contributed by atoms with Crippen molar-refractivity contribution in [3.05, 3.63) is 60.2 Å². The summed E-state index contributed by atoms with van der Waals surface area (Å²) in [6.45, 7) is 0.569. The first-order valence-corrected chi connectivity index (χ1v) is 8.07. The second-order valence-electron chi connectivity index (χ2n) is 5.54. The first-order valence-electron chi connectivity index (χ1n) is 8.07. The molecule has 2 aromatic rings. The molecule has 0 atom stereocenters. The summed E-state index contributed by atoms with van der Waals surface area (Å²) in [7, 11) is 0. The van der Waals surface area contributed by atoms with Gasteiger partial charge in [0.25, 0.3) is 5.91 Å². The predicted octanol–water partition coefficient (Wildman–Crippen LogP) is 3.15. The number of benzene rings is 2. The van der Waals surface area contributed by atoms with Gasteiger partial charge in [0.15, 0.2) is 0 Å². The molecule has 0 spiro atoms. The van der Waals surface area contributed by atoms with Crippen LogP contribution in [0.4, 0.5) is 0 Å². The molecule has 0 heterocycles. The molecule has 0 saturated carbocycles. The number of rotatable bonds is 8. The Morgan fingerprint density at radius 3 is 2.17 bits per heavy atom. The van der Waals surface area contributed by atoms with Gasteiger partial charge in [0.2, 0.25) is 5.91 Å².